The summed E-state index contributed by atoms with van der Waals surface area (Å²) in [5.41, 5.74) is 1.82. The van der Waals surface area contributed by atoms with Gasteiger partial charge in [0.15, 0.2) is 12.7 Å². The Morgan fingerprint density at radius 3 is 2.52 bits per heavy atom. The lowest BCUT2D eigenvalue weighted by molar-refractivity contribution is -0.132. The number of halogens is 1. The molecule has 6 heteroatoms. The van der Waals surface area contributed by atoms with Crippen LogP contribution < -0.4 is 10.1 Å². The third-order valence-electron chi connectivity index (χ3n) is 3.87. The van der Waals surface area contributed by atoms with Crippen LogP contribution >= 0.6 is 15.9 Å². The molecule has 29 heavy (non-hydrogen) atoms. The Morgan fingerprint density at radius 2 is 1.86 bits per heavy atom. The molecule has 0 aliphatic heterocycles. The molecule has 0 saturated carbocycles. The van der Waals surface area contributed by atoms with E-state index < -0.39 is 6.10 Å². The van der Waals surface area contributed by atoms with Crippen LogP contribution in [0.2, 0.25) is 0 Å². The van der Waals surface area contributed by atoms with Gasteiger partial charge in [0.1, 0.15) is 18.5 Å². The van der Waals surface area contributed by atoms with Gasteiger partial charge in [-0.1, -0.05) is 46.1 Å². The summed E-state index contributed by atoms with van der Waals surface area (Å²) in [7, 11) is 1.50. The van der Waals surface area contributed by atoms with Crippen molar-refractivity contribution in [3.05, 3.63) is 64.1 Å². The van der Waals surface area contributed by atoms with Crippen molar-refractivity contribution in [1.29, 1.82) is 0 Å². The lowest BCUT2D eigenvalue weighted by atomic mass is 10.1. The van der Waals surface area contributed by atoms with Gasteiger partial charge in [-0.25, -0.2) is 0 Å². The summed E-state index contributed by atoms with van der Waals surface area (Å²) < 4.78 is 16.6. The van der Waals surface area contributed by atoms with Crippen LogP contribution in [0.25, 0.3) is 0 Å². The number of carbonyl (C=O) groups excluding carboxylic acids is 1. The number of ether oxygens (including phenoxy) is 3. The summed E-state index contributed by atoms with van der Waals surface area (Å²) in [6.45, 7) is 0.799. The molecular formula is C23H22BrNO4. The van der Waals surface area contributed by atoms with E-state index in [-0.39, 0.29) is 19.1 Å². The van der Waals surface area contributed by atoms with Gasteiger partial charge in [-0.2, -0.15) is 0 Å². The second kappa shape index (κ2) is 12.5. The average molecular weight is 456 g/mol. The van der Waals surface area contributed by atoms with E-state index in [2.05, 4.69) is 43.9 Å². The molecule has 0 heterocycles. The molecule has 1 amide bonds. The van der Waals surface area contributed by atoms with Gasteiger partial charge in [0.25, 0.3) is 5.91 Å². The number of methoxy groups -OCH3 is 1. The smallest absolute Gasteiger partial charge is 0.253 e. The zero-order valence-corrected chi connectivity index (χ0v) is 17.7. The van der Waals surface area contributed by atoms with E-state index in [9.17, 15) is 4.79 Å². The standard InChI is InChI=1S/C23H22BrNO4/c1-3-15-29-22(19-7-9-20(24)10-8-19)23(26)25-14-13-18-5-11-21(12-6-18)28-17-4-16-27-2/h1,5-12,22H,13-15,17H2,2H3,(H,25,26). The quantitative estimate of drug-likeness (QED) is 0.588. The van der Waals surface area contributed by atoms with Gasteiger partial charge in [0, 0.05) is 11.0 Å². The van der Waals surface area contributed by atoms with Gasteiger partial charge < -0.3 is 19.5 Å². The van der Waals surface area contributed by atoms with E-state index in [1.165, 1.54) is 7.11 Å². The molecule has 1 unspecified atom stereocenters. The highest BCUT2D eigenvalue weighted by molar-refractivity contribution is 9.10. The van der Waals surface area contributed by atoms with Crippen LogP contribution in [0, 0.1) is 24.4 Å². The lowest BCUT2D eigenvalue weighted by Gasteiger charge is -2.17. The molecule has 150 valence electrons. The minimum absolute atomic E-state index is 0.0599. The van der Waals surface area contributed by atoms with Gasteiger partial charge >= 0.3 is 0 Å². The first-order chi connectivity index (χ1) is 14.1. The number of rotatable bonds is 9. The van der Waals surface area contributed by atoms with Crippen molar-refractivity contribution < 1.29 is 19.0 Å². The summed E-state index contributed by atoms with van der Waals surface area (Å²) in [4.78, 5) is 12.6. The zero-order valence-electron chi connectivity index (χ0n) is 16.1. The van der Waals surface area contributed by atoms with Crippen molar-refractivity contribution in [2.45, 2.75) is 12.5 Å². The van der Waals surface area contributed by atoms with Gasteiger partial charge in [0.05, 0.1) is 7.11 Å². The number of hydrogen-bond acceptors (Lipinski definition) is 4. The van der Waals surface area contributed by atoms with Crippen LogP contribution in [0.1, 0.15) is 17.2 Å². The van der Waals surface area contributed by atoms with Crippen molar-refractivity contribution >= 4 is 21.8 Å². The summed E-state index contributed by atoms with van der Waals surface area (Å²) in [5, 5.41) is 2.91. The molecule has 0 saturated heterocycles. The second-order valence-corrected chi connectivity index (χ2v) is 6.82. The number of benzene rings is 2. The van der Waals surface area contributed by atoms with Gasteiger partial charge in [-0.15, -0.1) is 6.42 Å². The van der Waals surface area contributed by atoms with E-state index in [1.807, 2.05) is 48.5 Å². The molecule has 2 aromatic rings. The van der Waals surface area contributed by atoms with Crippen LogP contribution in [0.15, 0.2) is 53.0 Å². The molecular weight excluding hydrogens is 434 g/mol. The van der Waals surface area contributed by atoms with Gasteiger partial charge in [-0.05, 0) is 47.7 Å². The Kier molecular flexibility index (Phi) is 9.65. The molecule has 5 nitrogen and oxygen atoms in total. The number of hydrogen-bond donors (Lipinski definition) is 1. The first-order valence-electron chi connectivity index (χ1n) is 8.95. The van der Waals surface area contributed by atoms with E-state index in [0.29, 0.717) is 13.0 Å². The molecule has 0 aliphatic carbocycles. The highest BCUT2D eigenvalue weighted by Gasteiger charge is 2.20. The van der Waals surface area contributed by atoms with E-state index in [1.54, 1.807) is 0 Å². The largest absolute Gasteiger partial charge is 0.481 e. The Morgan fingerprint density at radius 1 is 1.14 bits per heavy atom. The predicted octanol–water partition coefficient (Wildman–Crippen LogP) is 3.49. The number of carbonyl (C=O) groups is 1. The van der Waals surface area contributed by atoms with Crippen LogP contribution in [-0.4, -0.2) is 32.8 Å². The molecule has 0 fully saturated rings. The highest BCUT2D eigenvalue weighted by atomic mass is 79.9. The molecule has 0 aliphatic rings. The number of terminal acetylenes is 1. The normalized spacial score (nSPS) is 10.8. The fourth-order valence-electron chi connectivity index (χ4n) is 2.49. The Labute approximate surface area is 179 Å². The molecule has 0 bridgehead atoms. The van der Waals surface area contributed by atoms with Crippen molar-refractivity contribution in [1.82, 2.24) is 5.32 Å². The van der Waals surface area contributed by atoms with E-state index in [4.69, 9.17) is 15.9 Å². The number of nitrogens with one attached hydrogen (secondary N) is 1. The monoisotopic (exact) mass is 455 g/mol. The van der Waals surface area contributed by atoms with Crippen molar-refractivity contribution in [2.24, 2.45) is 0 Å². The van der Waals surface area contributed by atoms with Crippen LogP contribution in [-0.2, 0) is 20.7 Å². The molecule has 1 N–H and O–H groups in total. The van der Waals surface area contributed by atoms with Crippen LogP contribution in [0.3, 0.4) is 0 Å². The molecule has 0 aromatic heterocycles. The lowest BCUT2D eigenvalue weighted by Crippen LogP contribution is -2.32. The predicted molar refractivity (Wildman–Crippen MR) is 115 cm³/mol. The molecule has 0 spiro atoms. The topological polar surface area (TPSA) is 56.8 Å². The van der Waals surface area contributed by atoms with Crippen molar-refractivity contribution in [3.8, 4) is 30.1 Å². The number of amides is 1. The van der Waals surface area contributed by atoms with E-state index in [0.717, 1.165) is 21.3 Å². The minimum atomic E-state index is -0.747. The average Bonchev–Trinajstić information content (AvgIpc) is 2.74. The maximum absolute atomic E-state index is 12.6. The van der Waals surface area contributed by atoms with Crippen molar-refractivity contribution in [3.63, 3.8) is 0 Å². The maximum atomic E-state index is 12.6. The fourth-order valence-corrected chi connectivity index (χ4v) is 2.75. The fraction of sp³-hybridized carbons (Fsp3) is 0.261. The van der Waals surface area contributed by atoms with Gasteiger partial charge in [-0.3, -0.25) is 4.79 Å². The molecule has 0 radical (unpaired) electrons. The summed E-state index contributed by atoms with van der Waals surface area (Å²) in [6, 6.07) is 15.0. The van der Waals surface area contributed by atoms with Crippen LogP contribution in [0.5, 0.6) is 5.75 Å². The van der Waals surface area contributed by atoms with Crippen LogP contribution in [0.4, 0.5) is 0 Å². The Balaban J connectivity index is 1.86. The van der Waals surface area contributed by atoms with Gasteiger partial charge in [0.2, 0.25) is 0 Å². The molecule has 2 rings (SSSR count). The summed E-state index contributed by atoms with van der Waals surface area (Å²) in [5.74, 6) is 5.62. The Bertz CT molecular complexity index is 876. The molecule has 2 aromatic carbocycles. The highest BCUT2D eigenvalue weighted by Crippen LogP contribution is 2.20. The summed E-state index contributed by atoms with van der Waals surface area (Å²) >= 11 is 3.38. The molecule has 1 atom stereocenters. The first-order valence-corrected chi connectivity index (χ1v) is 9.74. The zero-order chi connectivity index (χ0) is 20.9. The third kappa shape index (κ3) is 7.91. The minimum Gasteiger partial charge on any atom is -0.481 e. The maximum Gasteiger partial charge on any atom is 0.253 e. The SMILES string of the molecule is C#CCOC(C(=O)NCCc1ccc(OCC#COC)cc1)c1ccc(Br)cc1. The van der Waals surface area contributed by atoms with E-state index >= 15 is 0 Å². The van der Waals surface area contributed by atoms with Crippen molar-refractivity contribution in [2.75, 3.05) is 26.9 Å². The third-order valence-corrected chi connectivity index (χ3v) is 4.39. The summed E-state index contributed by atoms with van der Waals surface area (Å²) in [6.07, 6.45) is 7.67. The first kappa shape index (κ1) is 22.4. The Hall–Kier alpha value is -2.93. The second-order valence-electron chi connectivity index (χ2n) is 5.90.